The van der Waals surface area contributed by atoms with E-state index in [-0.39, 0.29) is 51.2 Å². The Morgan fingerprint density at radius 3 is 2.46 bits per heavy atom. The smallest absolute Gasteiger partial charge is 0.407 e. The van der Waals surface area contributed by atoms with E-state index >= 15 is 0 Å². The Hall–Kier alpha value is -5.27. The number of thioether (sulfide) groups is 1. The Kier molecular flexibility index (Phi) is 10.7. The van der Waals surface area contributed by atoms with Gasteiger partial charge in [0.2, 0.25) is 9.84 Å². The highest BCUT2D eigenvalue weighted by Gasteiger charge is 2.31. The molecule has 0 saturated heterocycles. The van der Waals surface area contributed by atoms with Crippen LogP contribution in [0.5, 0.6) is 5.75 Å². The highest BCUT2D eigenvalue weighted by atomic mass is 32.2. The number of rotatable bonds is 12. The maximum atomic E-state index is 13.2. The van der Waals surface area contributed by atoms with Crippen LogP contribution in [0.1, 0.15) is 57.0 Å². The first-order chi connectivity index (χ1) is 24.2. The fourth-order valence-electron chi connectivity index (χ4n) is 5.48. The Labute approximate surface area is 294 Å². The van der Waals surface area contributed by atoms with Crippen LogP contribution < -0.4 is 26.0 Å². The van der Waals surface area contributed by atoms with E-state index in [1.807, 2.05) is 67.7 Å². The summed E-state index contributed by atoms with van der Waals surface area (Å²) in [6.07, 6.45) is 2.71. The zero-order valence-corrected chi connectivity index (χ0v) is 28.8. The number of nitrogens with one attached hydrogen (secondary N) is 4. The topological polar surface area (TPSA) is 152 Å². The van der Waals surface area contributed by atoms with E-state index in [2.05, 4.69) is 21.3 Å². The summed E-state index contributed by atoms with van der Waals surface area (Å²) >= 11 is 1.57. The zero-order valence-electron chi connectivity index (χ0n) is 27.2. The van der Waals surface area contributed by atoms with Gasteiger partial charge in [-0.05, 0) is 60.0 Å². The number of carbonyl (C=O) groups is 3. The summed E-state index contributed by atoms with van der Waals surface area (Å²) in [4.78, 5) is 38.6. The van der Waals surface area contributed by atoms with Gasteiger partial charge in [0.05, 0.1) is 27.6 Å². The fourth-order valence-corrected chi connectivity index (χ4v) is 8.10. The average Bonchev–Trinajstić information content (AvgIpc) is 3.59. The number of benzene rings is 4. The summed E-state index contributed by atoms with van der Waals surface area (Å²) in [5.41, 5.74) is 2.29. The Morgan fingerprint density at radius 2 is 1.68 bits per heavy atom. The number of hydrogen-bond donors (Lipinski definition) is 4. The maximum absolute atomic E-state index is 13.2. The molecule has 1 unspecified atom stereocenters. The highest BCUT2D eigenvalue weighted by Crippen LogP contribution is 2.38. The van der Waals surface area contributed by atoms with E-state index in [0.717, 1.165) is 28.2 Å². The molecule has 0 radical (unpaired) electrons. The first-order valence-electron chi connectivity index (χ1n) is 16.1. The monoisotopic (exact) mass is 712 g/mol. The summed E-state index contributed by atoms with van der Waals surface area (Å²) in [5.74, 6) is -0.233. The van der Waals surface area contributed by atoms with Crippen molar-refractivity contribution in [3.05, 3.63) is 130 Å². The third-order valence-corrected chi connectivity index (χ3v) is 11.3. The van der Waals surface area contributed by atoms with Gasteiger partial charge in [0.15, 0.2) is 0 Å². The SMILES string of the molecule is CC[C@@H](CCNC(=O)OCc1ccccc1)Oc1ccc(C2NC=C(CNC(=O)c3ccc4c(c3)NC(=O)c3ccccc3S4(=O)=O)S2)cc1. The fraction of sp³-hybridized carbons (Fsp3) is 0.216. The minimum Gasteiger partial charge on any atom is -0.490 e. The first kappa shape index (κ1) is 34.6. The lowest BCUT2D eigenvalue weighted by atomic mass is 10.1. The van der Waals surface area contributed by atoms with Crippen LogP contribution >= 0.6 is 11.8 Å². The van der Waals surface area contributed by atoms with Gasteiger partial charge >= 0.3 is 6.09 Å². The number of hydrogen-bond acceptors (Lipinski definition) is 9. The normalized spacial score (nSPS) is 16.3. The maximum Gasteiger partial charge on any atom is 0.407 e. The molecule has 258 valence electrons. The summed E-state index contributed by atoms with van der Waals surface area (Å²) in [5, 5.41) is 11.6. The standard InChI is InChI=1S/C37H36N4O7S2/c1-2-27(18-19-38-37(44)47-23-24-8-4-3-5-9-24)48-28-15-12-25(13-16-28)36-40-22-29(49-36)21-39-34(42)26-14-17-33-31(20-26)41-35(43)30-10-6-7-11-32(30)50(33,45)46/h3-17,20,22,27,36,40H,2,18-19,21,23H2,1H3,(H,38,44)(H,39,42)(H,41,43)/t27-,36?/m0/s1. The van der Waals surface area contributed by atoms with Gasteiger partial charge in [-0.1, -0.05) is 73.3 Å². The molecule has 13 heteroatoms. The predicted molar refractivity (Wildman–Crippen MR) is 191 cm³/mol. The molecule has 2 atom stereocenters. The van der Waals surface area contributed by atoms with Crippen LogP contribution in [-0.2, 0) is 21.2 Å². The van der Waals surface area contributed by atoms with Crippen LogP contribution in [0.3, 0.4) is 0 Å². The molecule has 50 heavy (non-hydrogen) atoms. The molecule has 2 aliphatic rings. The molecular weight excluding hydrogens is 677 g/mol. The van der Waals surface area contributed by atoms with E-state index in [1.54, 1.807) is 23.9 Å². The van der Waals surface area contributed by atoms with Crippen LogP contribution in [0.4, 0.5) is 10.5 Å². The van der Waals surface area contributed by atoms with Crippen LogP contribution in [0.25, 0.3) is 0 Å². The molecule has 0 saturated carbocycles. The number of alkyl carbamates (subject to hydrolysis) is 1. The van der Waals surface area contributed by atoms with Crippen molar-refractivity contribution in [1.29, 1.82) is 0 Å². The van der Waals surface area contributed by atoms with E-state index in [4.69, 9.17) is 9.47 Å². The number of anilines is 1. The summed E-state index contributed by atoms with van der Waals surface area (Å²) < 4.78 is 37.9. The largest absolute Gasteiger partial charge is 0.490 e. The second kappa shape index (κ2) is 15.5. The zero-order chi connectivity index (χ0) is 35.1. The molecule has 2 aliphatic heterocycles. The molecule has 0 spiro atoms. The molecular formula is C37H36N4O7S2. The average molecular weight is 713 g/mol. The van der Waals surface area contributed by atoms with Crippen LogP contribution in [0, 0.1) is 0 Å². The predicted octanol–water partition coefficient (Wildman–Crippen LogP) is 6.17. The van der Waals surface area contributed by atoms with Crippen molar-refractivity contribution >= 4 is 45.2 Å². The number of fused-ring (bicyclic) bond motifs is 2. The molecule has 0 bridgehead atoms. The second-order valence-electron chi connectivity index (χ2n) is 11.6. The molecule has 4 N–H and O–H groups in total. The van der Waals surface area contributed by atoms with Crippen molar-refractivity contribution in [2.75, 3.05) is 18.4 Å². The molecule has 2 heterocycles. The van der Waals surface area contributed by atoms with Crippen molar-refractivity contribution < 1.29 is 32.3 Å². The van der Waals surface area contributed by atoms with Crippen molar-refractivity contribution in [1.82, 2.24) is 16.0 Å². The van der Waals surface area contributed by atoms with Crippen LogP contribution in [-0.4, -0.2) is 45.5 Å². The number of carbonyl (C=O) groups excluding carboxylic acids is 3. The van der Waals surface area contributed by atoms with E-state index in [0.29, 0.717) is 13.0 Å². The number of amides is 3. The molecule has 6 rings (SSSR count). The molecule has 3 amide bonds. The molecule has 4 aromatic rings. The first-order valence-corrected chi connectivity index (χ1v) is 18.5. The van der Waals surface area contributed by atoms with Gasteiger partial charge in [-0.25, -0.2) is 13.2 Å². The highest BCUT2D eigenvalue weighted by molar-refractivity contribution is 8.03. The summed E-state index contributed by atoms with van der Waals surface area (Å²) in [6, 6.07) is 27.5. The third kappa shape index (κ3) is 8.12. The lowest BCUT2D eigenvalue weighted by Gasteiger charge is -2.19. The van der Waals surface area contributed by atoms with Crippen LogP contribution in [0.15, 0.2) is 118 Å². The van der Waals surface area contributed by atoms with E-state index < -0.39 is 27.7 Å². The van der Waals surface area contributed by atoms with Gasteiger partial charge in [-0.15, -0.1) is 0 Å². The minimum atomic E-state index is -3.96. The van der Waals surface area contributed by atoms with Gasteiger partial charge in [0, 0.05) is 29.6 Å². The van der Waals surface area contributed by atoms with E-state index in [1.165, 1.54) is 30.3 Å². The lowest BCUT2D eigenvalue weighted by Crippen LogP contribution is -2.29. The number of ether oxygens (including phenoxy) is 2. The van der Waals surface area contributed by atoms with Gasteiger partial charge in [-0.3, -0.25) is 9.59 Å². The second-order valence-corrected chi connectivity index (χ2v) is 14.7. The van der Waals surface area contributed by atoms with Gasteiger partial charge in [0.25, 0.3) is 11.8 Å². The molecule has 0 aromatic heterocycles. The quantitative estimate of drug-likeness (QED) is 0.135. The molecule has 0 fully saturated rings. The molecule has 4 aromatic carbocycles. The van der Waals surface area contributed by atoms with Crippen molar-refractivity contribution in [3.8, 4) is 5.75 Å². The van der Waals surface area contributed by atoms with Crippen molar-refractivity contribution in [2.24, 2.45) is 0 Å². The van der Waals surface area contributed by atoms with E-state index in [9.17, 15) is 22.8 Å². The van der Waals surface area contributed by atoms with Crippen molar-refractivity contribution in [3.63, 3.8) is 0 Å². The Balaban J connectivity index is 0.957. The number of sulfone groups is 1. The molecule has 0 aliphatic carbocycles. The summed E-state index contributed by atoms with van der Waals surface area (Å²) in [7, 11) is -3.96. The van der Waals surface area contributed by atoms with Gasteiger partial charge in [0.1, 0.15) is 23.8 Å². The lowest BCUT2D eigenvalue weighted by molar-refractivity contribution is 0.0956. The molecule has 11 nitrogen and oxygen atoms in total. The Morgan fingerprint density at radius 1 is 0.920 bits per heavy atom. The van der Waals surface area contributed by atoms with Gasteiger partial charge < -0.3 is 30.7 Å². The third-order valence-electron chi connectivity index (χ3n) is 8.18. The Bertz CT molecular complexity index is 2020. The summed E-state index contributed by atoms with van der Waals surface area (Å²) in [6.45, 7) is 2.94. The van der Waals surface area contributed by atoms with Crippen molar-refractivity contribution in [2.45, 2.75) is 47.6 Å². The minimum absolute atomic E-state index is 0.0534. The van der Waals surface area contributed by atoms with Gasteiger partial charge in [-0.2, -0.15) is 0 Å². The van der Waals surface area contributed by atoms with Crippen LogP contribution in [0.2, 0.25) is 0 Å².